The lowest BCUT2D eigenvalue weighted by molar-refractivity contribution is 0.0299. The van der Waals surface area contributed by atoms with Gasteiger partial charge in [0.05, 0.1) is 18.2 Å². The number of hydrogen-bond acceptors (Lipinski definition) is 3. The van der Waals surface area contributed by atoms with Crippen LogP contribution in [0.4, 0.5) is 0 Å². The van der Waals surface area contributed by atoms with Crippen LogP contribution in [0.2, 0.25) is 0 Å². The first-order valence-corrected chi connectivity index (χ1v) is 8.38. The molecule has 2 saturated carbocycles. The SMILES string of the molecule is OCC(CCOC1CCCC1)(NC1CC1)c1ccccc1. The Balaban J connectivity index is 1.65. The van der Waals surface area contributed by atoms with Crippen molar-refractivity contribution in [2.45, 2.75) is 62.6 Å². The molecule has 3 nitrogen and oxygen atoms in total. The van der Waals surface area contributed by atoms with Crippen LogP contribution in [0.1, 0.15) is 50.5 Å². The molecule has 116 valence electrons. The minimum Gasteiger partial charge on any atom is -0.394 e. The van der Waals surface area contributed by atoms with E-state index in [0.717, 1.165) is 13.0 Å². The fourth-order valence-electron chi connectivity index (χ4n) is 3.35. The summed E-state index contributed by atoms with van der Waals surface area (Å²) >= 11 is 0. The zero-order valence-corrected chi connectivity index (χ0v) is 12.8. The highest BCUT2D eigenvalue weighted by Gasteiger charge is 2.37. The zero-order chi connectivity index (χ0) is 14.5. The Morgan fingerprint density at radius 3 is 2.43 bits per heavy atom. The Morgan fingerprint density at radius 2 is 1.81 bits per heavy atom. The predicted octanol–water partition coefficient (Wildman–Crippen LogP) is 2.98. The number of hydrogen-bond donors (Lipinski definition) is 2. The summed E-state index contributed by atoms with van der Waals surface area (Å²) in [6, 6.07) is 10.9. The summed E-state index contributed by atoms with van der Waals surface area (Å²) in [4.78, 5) is 0. The van der Waals surface area contributed by atoms with E-state index in [9.17, 15) is 5.11 Å². The maximum absolute atomic E-state index is 10.1. The lowest BCUT2D eigenvalue weighted by Crippen LogP contribution is -2.47. The number of ether oxygens (including phenoxy) is 1. The number of aliphatic hydroxyl groups excluding tert-OH is 1. The van der Waals surface area contributed by atoms with E-state index in [2.05, 4.69) is 17.4 Å². The van der Waals surface area contributed by atoms with Crippen molar-refractivity contribution in [3.63, 3.8) is 0 Å². The average molecular weight is 289 g/mol. The molecule has 0 amide bonds. The first-order valence-electron chi connectivity index (χ1n) is 8.38. The third-order valence-electron chi connectivity index (χ3n) is 4.84. The molecule has 0 aliphatic heterocycles. The van der Waals surface area contributed by atoms with Gasteiger partial charge in [0.2, 0.25) is 0 Å². The van der Waals surface area contributed by atoms with Crippen molar-refractivity contribution in [1.29, 1.82) is 0 Å². The van der Waals surface area contributed by atoms with Crippen LogP contribution < -0.4 is 5.32 Å². The van der Waals surface area contributed by atoms with E-state index in [-0.39, 0.29) is 12.1 Å². The average Bonchev–Trinajstić information content (AvgIpc) is 3.19. The van der Waals surface area contributed by atoms with Gasteiger partial charge in [-0.1, -0.05) is 43.2 Å². The molecule has 1 atom stereocenters. The van der Waals surface area contributed by atoms with Crippen molar-refractivity contribution in [1.82, 2.24) is 5.32 Å². The normalized spacial score (nSPS) is 22.3. The maximum Gasteiger partial charge on any atom is 0.0693 e. The fourth-order valence-corrected chi connectivity index (χ4v) is 3.35. The highest BCUT2D eigenvalue weighted by Crippen LogP contribution is 2.32. The molecule has 3 rings (SSSR count). The Bertz CT molecular complexity index is 426. The van der Waals surface area contributed by atoms with Gasteiger partial charge >= 0.3 is 0 Å². The van der Waals surface area contributed by atoms with Crippen molar-refractivity contribution in [3.8, 4) is 0 Å². The summed E-state index contributed by atoms with van der Waals surface area (Å²) < 4.78 is 6.03. The molecule has 0 saturated heterocycles. The topological polar surface area (TPSA) is 41.5 Å². The molecular formula is C18H27NO2. The second-order valence-corrected chi connectivity index (χ2v) is 6.55. The van der Waals surface area contributed by atoms with Gasteiger partial charge in [-0.15, -0.1) is 0 Å². The second-order valence-electron chi connectivity index (χ2n) is 6.55. The molecule has 3 heteroatoms. The summed E-state index contributed by atoms with van der Waals surface area (Å²) in [5.41, 5.74) is 0.829. The molecule has 1 aromatic carbocycles. The molecule has 0 aromatic heterocycles. The van der Waals surface area contributed by atoms with Gasteiger partial charge in [-0.05, 0) is 37.7 Å². The first-order chi connectivity index (χ1) is 10.3. The van der Waals surface area contributed by atoms with Crippen molar-refractivity contribution < 1.29 is 9.84 Å². The minimum atomic E-state index is -0.346. The van der Waals surface area contributed by atoms with Gasteiger partial charge < -0.3 is 15.2 Å². The Hall–Kier alpha value is -0.900. The van der Waals surface area contributed by atoms with Gasteiger partial charge in [0.15, 0.2) is 0 Å². The Labute approximate surface area is 127 Å². The fraction of sp³-hybridized carbons (Fsp3) is 0.667. The van der Waals surface area contributed by atoms with Crippen LogP contribution in [-0.2, 0) is 10.3 Å². The molecular weight excluding hydrogens is 262 g/mol. The van der Waals surface area contributed by atoms with Gasteiger partial charge in [0.25, 0.3) is 0 Å². The molecule has 0 bridgehead atoms. The smallest absolute Gasteiger partial charge is 0.0693 e. The van der Waals surface area contributed by atoms with E-state index < -0.39 is 0 Å². The number of benzene rings is 1. The molecule has 2 aliphatic rings. The molecule has 1 unspecified atom stereocenters. The van der Waals surface area contributed by atoms with Crippen molar-refractivity contribution in [3.05, 3.63) is 35.9 Å². The summed E-state index contributed by atoms with van der Waals surface area (Å²) in [7, 11) is 0. The zero-order valence-electron chi connectivity index (χ0n) is 12.8. The minimum absolute atomic E-state index is 0.127. The van der Waals surface area contributed by atoms with Crippen molar-refractivity contribution >= 4 is 0 Å². The quantitative estimate of drug-likeness (QED) is 0.773. The molecule has 21 heavy (non-hydrogen) atoms. The van der Waals surface area contributed by atoms with Crippen LogP contribution in [0, 0.1) is 0 Å². The molecule has 2 N–H and O–H groups in total. The van der Waals surface area contributed by atoms with Gasteiger partial charge in [0, 0.05) is 12.6 Å². The monoisotopic (exact) mass is 289 g/mol. The lowest BCUT2D eigenvalue weighted by Gasteiger charge is -2.34. The van der Waals surface area contributed by atoms with Crippen molar-refractivity contribution in [2.75, 3.05) is 13.2 Å². The van der Waals surface area contributed by atoms with E-state index in [1.54, 1.807) is 0 Å². The van der Waals surface area contributed by atoms with Crippen LogP contribution in [0.25, 0.3) is 0 Å². The lowest BCUT2D eigenvalue weighted by atomic mass is 9.87. The van der Waals surface area contributed by atoms with Gasteiger partial charge in [-0.25, -0.2) is 0 Å². The van der Waals surface area contributed by atoms with Gasteiger partial charge in [-0.3, -0.25) is 0 Å². The predicted molar refractivity (Wildman–Crippen MR) is 84.2 cm³/mol. The van der Waals surface area contributed by atoms with Crippen LogP contribution in [0.3, 0.4) is 0 Å². The van der Waals surface area contributed by atoms with Crippen LogP contribution in [-0.4, -0.2) is 30.5 Å². The van der Waals surface area contributed by atoms with Gasteiger partial charge in [0.1, 0.15) is 0 Å². The molecule has 0 heterocycles. The molecule has 1 aromatic rings. The van der Waals surface area contributed by atoms with E-state index in [0.29, 0.717) is 12.1 Å². The molecule has 0 spiro atoms. The summed E-state index contributed by atoms with van der Waals surface area (Å²) in [5.74, 6) is 0. The molecule has 2 fully saturated rings. The Morgan fingerprint density at radius 1 is 1.10 bits per heavy atom. The summed E-state index contributed by atoms with van der Waals surface area (Å²) in [6.45, 7) is 0.849. The van der Waals surface area contributed by atoms with E-state index >= 15 is 0 Å². The van der Waals surface area contributed by atoms with E-state index in [1.807, 2.05) is 18.2 Å². The van der Waals surface area contributed by atoms with Crippen LogP contribution >= 0.6 is 0 Å². The number of rotatable bonds is 8. The largest absolute Gasteiger partial charge is 0.394 e. The van der Waals surface area contributed by atoms with Gasteiger partial charge in [-0.2, -0.15) is 0 Å². The highest BCUT2D eigenvalue weighted by atomic mass is 16.5. The number of aliphatic hydroxyl groups is 1. The van der Waals surface area contributed by atoms with Crippen molar-refractivity contribution in [2.24, 2.45) is 0 Å². The van der Waals surface area contributed by atoms with Crippen LogP contribution in [0.5, 0.6) is 0 Å². The summed E-state index contributed by atoms with van der Waals surface area (Å²) in [5, 5.41) is 13.7. The summed E-state index contributed by atoms with van der Waals surface area (Å²) in [6.07, 6.45) is 8.72. The molecule has 0 radical (unpaired) electrons. The third-order valence-corrected chi connectivity index (χ3v) is 4.84. The van der Waals surface area contributed by atoms with E-state index in [4.69, 9.17) is 4.74 Å². The first kappa shape index (κ1) is 15.0. The van der Waals surface area contributed by atoms with Crippen LogP contribution in [0.15, 0.2) is 30.3 Å². The third kappa shape index (κ3) is 3.85. The standard InChI is InChI=1S/C18H27NO2/c20-14-18(19-16-10-11-16,15-6-2-1-3-7-15)12-13-21-17-8-4-5-9-17/h1-3,6-7,16-17,19-20H,4-5,8-14H2. The molecule has 2 aliphatic carbocycles. The van der Waals surface area contributed by atoms with E-state index in [1.165, 1.54) is 44.1 Å². The maximum atomic E-state index is 10.1. The highest BCUT2D eigenvalue weighted by molar-refractivity contribution is 5.25. The second kappa shape index (κ2) is 6.91. The Kier molecular flexibility index (Phi) is 4.94. The number of nitrogens with one attached hydrogen (secondary N) is 1.